The normalized spacial score (nSPS) is 15.1. The van der Waals surface area contributed by atoms with Crippen LogP contribution in [0, 0.1) is 0 Å². The minimum absolute atomic E-state index is 0.0330. The van der Waals surface area contributed by atoms with Gasteiger partial charge in [0.1, 0.15) is 5.60 Å². The molecule has 1 aromatic carbocycles. The number of ether oxygens (including phenoxy) is 1. The summed E-state index contributed by atoms with van der Waals surface area (Å²) in [5.74, 6) is -0.304. The number of carbonyl (C=O) groups excluding carboxylic acids is 3. The molecule has 0 bridgehead atoms. The van der Waals surface area contributed by atoms with Crippen molar-refractivity contribution in [2.45, 2.75) is 51.7 Å². The van der Waals surface area contributed by atoms with Gasteiger partial charge in [0.2, 0.25) is 15.9 Å². The number of likely N-dealkylation sites (tertiary alicyclic amines) is 1. The Hall–Kier alpha value is -2.82. The second kappa shape index (κ2) is 10.7. The number of hydrogen-bond acceptors (Lipinski definition) is 6. The second-order valence-corrected chi connectivity index (χ2v) is 10.5. The molecule has 0 atom stereocenters. The number of benzene rings is 1. The lowest BCUT2D eigenvalue weighted by molar-refractivity contribution is -0.121. The van der Waals surface area contributed by atoms with E-state index in [1.165, 1.54) is 0 Å². The van der Waals surface area contributed by atoms with E-state index in [0.29, 0.717) is 37.2 Å². The number of nitrogens with zero attached hydrogens (tertiary/aromatic N) is 1. The summed E-state index contributed by atoms with van der Waals surface area (Å²) in [5, 5.41) is 5.49. The molecule has 1 aliphatic heterocycles. The summed E-state index contributed by atoms with van der Waals surface area (Å²) >= 11 is 0. The fourth-order valence-electron chi connectivity index (χ4n) is 3.20. The van der Waals surface area contributed by atoms with Gasteiger partial charge in [0.05, 0.1) is 6.26 Å². The van der Waals surface area contributed by atoms with Gasteiger partial charge in [-0.2, -0.15) is 0 Å². The molecule has 10 nitrogen and oxygen atoms in total. The van der Waals surface area contributed by atoms with Crippen molar-refractivity contribution in [1.82, 2.24) is 15.5 Å². The van der Waals surface area contributed by atoms with Crippen molar-refractivity contribution in [2.24, 2.45) is 0 Å². The molecule has 1 aliphatic rings. The van der Waals surface area contributed by atoms with Gasteiger partial charge < -0.3 is 20.3 Å². The molecular weight excluding hydrogens is 436 g/mol. The summed E-state index contributed by atoms with van der Waals surface area (Å²) in [4.78, 5) is 38.1. The van der Waals surface area contributed by atoms with Crippen molar-refractivity contribution in [1.29, 1.82) is 0 Å². The standard InChI is InChI=1S/C21H32N4O6S/c1-21(2,3)31-20(28)22-12-9-18(26)23-16-10-13-25(14-11-16)19(27)15-5-7-17(8-6-15)24-32(4,29)30/h5-8,16,24H,9-14H2,1-4H3,(H,22,28)(H,23,26). The van der Waals surface area contributed by atoms with Crippen LogP contribution < -0.4 is 15.4 Å². The molecule has 2 rings (SSSR count). The van der Waals surface area contributed by atoms with Crippen molar-refractivity contribution in [3.05, 3.63) is 29.8 Å². The van der Waals surface area contributed by atoms with Gasteiger partial charge in [-0.15, -0.1) is 0 Å². The van der Waals surface area contributed by atoms with Crippen molar-refractivity contribution in [3.63, 3.8) is 0 Å². The highest BCUT2D eigenvalue weighted by atomic mass is 32.2. The molecule has 32 heavy (non-hydrogen) atoms. The van der Waals surface area contributed by atoms with Crippen molar-refractivity contribution in [2.75, 3.05) is 30.6 Å². The third-order valence-electron chi connectivity index (χ3n) is 4.60. The number of piperidine rings is 1. The molecule has 11 heteroatoms. The number of rotatable bonds is 7. The summed E-state index contributed by atoms with van der Waals surface area (Å²) in [7, 11) is -3.37. The molecule has 0 spiro atoms. The van der Waals surface area contributed by atoms with Gasteiger partial charge >= 0.3 is 6.09 Å². The lowest BCUT2D eigenvalue weighted by atomic mass is 10.0. The van der Waals surface area contributed by atoms with Crippen LogP contribution in [0.2, 0.25) is 0 Å². The van der Waals surface area contributed by atoms with E-state index < -0.39 is 21.7 Å². The molecule has 0 unspecified atom stereocenters. The number of anilines is 1. The summed E-state index contributed by atoms with van der Waals surface area (Å²) in [6.45, 7) is 6.49. The second-order valence-electron chi connectivity index (χ2n) is 8.76. The van der Waals surface area contributed by atoms with E-state index in [-0.39, 0.29) is 30.8 Å². The molecular formula is C21H32N4O6S. The zero-order valence-electron chi connectivity index (χ0n) is 18.9. The first-order valence-corrected chi connectivity index (χ1v) is 12.3. The first-order chi connectivity index (χ1) is 14.8. The van der Waals surface area contributed by atoms with Crippen molar-refractivity contribution in [3.8, 4) is 0 Å². The summed E-state index contributed by atoms with van der Waals surface area (Å²) in [6, 6.07) is 6.23. The average Bonchev–Trinajstić information content (AvgIpc) is 2.66. The van der Waals surface area contributed by atoms with Gasteiger partial charge in [-0.25, -0.2) is 13.2 Å². The highest BCUT2D eigenvalue weighted by molar-refractivity contribution is 7.92. The summed E-state index contributed by atoms with van der Waals surface area (Å²) in [6.07, 6.45) is 1.91. The summed E-state index contributed by atoms with van der Waals surface area (Å²) in [5.41, 5.74) is 0.277. The Morgan fingerprint density at radius 2 is 1.69 bits per heavy atom. The van der Waals surface area contributed by atoms with Gasteiger partial charge in [-0.05, 0) is 57.9 Å². The third-order valence-corrected chi connectivity index (χ3v) is 5.21. The minimum atomic E-state index is -3.37. The van der Waals surface area contributed by atoms with E-state index in [1.54, 1.807) is 49.9 Å². The lowest BCUT2D eigenvalue weighted by Gasteiger charge is -2.32. The number of nitrogens with one attached hydrogen (secondary N) is 3. The van der Waals surface area contributed by atoms with Gasteiger partial charge in [-0.3, -0.25) is 14.3 Å². The van der Waals surface area contributed by atoms with E-state index in [4.69, 9.17) is 4.74 Å². The quantitative estimate of drug-likeness (QED) is 0.558. The molecule has 1 saturated heterocycles. The highest BCUT2D eigenvalue weighted by Gasteiger charge is 2.24. The molecule has 1 fully saturated rings. The fourth-order valence-corrected chi connectivity index (χ4v) is 3.76. The van der Waals surface area contributed by atoms with Crippen LogP contribution in [0.5, 0.6) is 0 Å². The molecule has 0 aromatic heterocycles. The molecule has 1 aromatic rings. The SMILES string of the molecule is CC(C)(C)OC(=O)NCCC(=O)NC1CCN(C(=O)c2ccc(NS(C)(=O)=O)cc2)CC1. The maximum atomic E-state index is 12.7. The zero-order chi connectivity index (χ0) is 23.9. The number of hydrogen-bond donors (Lipinski definition) is 3. The Kier molecular flexibility index (Phi) is 8.48. The smallest absolute Gasteiger partial charge is 0.407 e. The molecule has 3 amide bonds. The Balaban J connectivity index is 1.73. The molecule has 178 valence electrons. The number of sulfonamides is 1. The molecule has 0 saturated carbocycles. The number of carbonyl (C=O) groups is 3. The molecule has 1 heterocycles. The van der Waals surface area contributed by atoms with Crippen LogP contribution in [0.1, 0.15) is 50.4 Å². The van der Waals surface area contributed by atoms with Crippen LogP contribution in [-0.2, 0) is 19.6 Å². The van der Waals surface area contributed by atoms with Crippen LogP contribution in [0.25, 0.3) is 0 Å². The minimum Gasteiger partial charge on any atom is -0.444 e. The summed E-state index contributed by atoms with van der Waals surface area (Å²) < 4.78 is 30.0. The van der Waals surface area contributed by atoms with Gasteiger partial charge in [0, 0.05) is 43.3 Å². The fraction of sp³-hybridized carbons (Fsp3) is 0.571. The predicted molar refractivity (Wildman–Crippen MR) is 121 cm³/mol. The average molecular weight is 469 g/mol. The third kappa shape index (κ3) is 9.13. The topological polar surface area (TPSA) is 134 Å². The van der Waals surface area contributed by atoms with Crippen LogP contribution in [0.3, 0.4) is 0 Å². The van der Waals surface area contributed by atoms with E-state index in [9.17, 15) is 22.8 Å². The number of alkyl carbamates (subject to hydrolysis) is 1. The van der Waals surface area contributed by atoms with E-state index in [1.807, 2.05) is 0 Å². The Morgan fingerprint density at radius 1 is 1.09 bits per heavy atom. The Morgan fingerprint density at radius 3 is 2.22 bits per heavy atom. The van der Waals surface area contributed by atoms with Crippen LogP contribution >= 0.6 is 0 Å². The first kappa shape index (κ1) is 25.4. The predicted octanol–water partition coefficient (Wildman–Crippen LogP) is 1.69. The van der Waals surface area contributed by atoms with Crippen LogP contribution in [0.15, 0.2) is 24.3 Å². The molecule has 3 N–H and O–H groups in total. The van der Waals surface area contributed by atoms with Gasteiger partial charge in [0.25, 0.3) is 5.91 Å². The monoisotopic (exact) mass is 468 g/mol. The van der Waals surface area contributed by atoms with Crippen LogP contribution in [0.4, 0.5) is 10.5 Å². The van der Waals surface area contributed by atoms with Crippen molar-refractivity contribution < 1.29 is 27.5 Å². The molecule has 0 radical (unpaired) electrons. The Labute approximate surface area is 189 Å². The Bertz CT molecular complexity index is 917. The number of amides is 3. The largest absolute Gasteiger partial charge is 0.444 e. The van der Waals surface area contributed by atoms with Crippen molar-refractivity contribution >= 4 is 33.6 Å². The zero-order valence-corrected chi connectivity index (χ0v) is 19.8. The van der Waals surface area contributed by atoms with Gasteiger partial charge in [0.15, 0.2) is 0 Å². The maximum absolute atomic E-state index is 12.7. The highest BCUT2D eigenvalue weighted by Crippen LogP contribution is 2.17. The van der Waals surface area contributed by atoms with Gasteiger partial charge in [-0.1, -0.05) is 0 Å². The van der Waals surface area contributed by atoms with E-state index in [0.717, 1.165) is 6.26 Å². The lowest BCUT2D eigenvalue weighted by Crippen LogP contribution is -2.47. The van der Waals surface area contributed by atoms with E-state index in [2.05, 4.69) is 15.4 Å². The molecule has 0 aliphatic carbocycles. The van der Waals surface area contributed by atoms with E-state index >= 15 is 0 Å². The maximum Gasteiger partial charge on any atom is 0.407 e. The first-order valence-electron chi connectivity index (χ1n) is 10.5. The van der Waals surface area contributed by atoms with Crippen LogP contribution in [-0.4, -0.2) is 68.8 Å².